The Balaban J connectivity index is 0.000000192. The maximum Gasteiger partial charge on any atom is 0.410 e. The van der Waals surface area contributed by atoms with Gasteiger partial charge in [0.05, 0.1) is 112 Å². The molecule has 6 aliphatic rings. The Bertz CT molecular complexity index is 6010. The van der Waals surface area contributed by atoms with Gasteiger partial charge in [-0.3, -0.25) is 19.3 Å². The fourth-order valence-electron chi connectivity index (χ4n) is 19.2. The van der Waals surface area contributed by atoms with Gasteiger partial charge in [0, 0.05) is 74.1 Å². The lowest BCUT2D eigenvalue weighted by molar-refractivity contribution is -0.140. The number of hydrogen-bond donors (Lipinski definition) is 9. The van der Waals surface area contributed by atoms with Crippen LogP contribution in [-0.4, -0.2) is 231 Å². The number of aromatic nitrogens is 8. The summed E-state index contributed by atoms with van der Waals surface area (Å²) in [6, 6.07) is 25.2. The smallest absolute Gasteiger partial charge is 0.410 e. The maximum absolute atomic E-state index is 14.1. The maximum atomic E-state index is 14.1. The highest BCUT2D eigenvalue weighted by Gasteiger charge is 2.46. The van der Waals surface area contributed by atoms with Crippen LogP contribution in [0, 0.1) is 47.3 Å². The lowest BCUT2D eigenvalue weighted by Crippen LogP contribution is -2.51. The van der Waals surface area contributed by atoms with Crippen molar-refractivity contribution in [2.45, 2.75) is 196 Å². The van der Waals surface area contributed by atoms with E-state index in [1.165, 1.54) is 28.4 Å². The molecule has 10 aromatic rings. The first-order valence-electron chi connectivity index (χ1n) is 46.1. The fraction of sp³-hybridized carbons (Fsp3) is 0.505. The Kier molecular flexibility index (Phi) is 29.8. The number of fused-ring (bicyclic) bond motifs is 12. The minimum Gasteiger partial charge on any atom is -0.488 e. The summed E-state index contributed by atoms with van der Waals surface area (Å²) >= 11 is 0. The third-order valence-electron chi connectivity index (χ3n) is 26.5. The number of amides is 8. The lowest BCUT2D eigenvalue weighted by Gasteiger charge is -2.30. The Labute approximate surface area is 778 Å². The summed E-state index contributed by atoms with van der Waals surface area (Å²) in [6.45, 7) is 29.0. The number of aliphatic carboxylic acids is 1. The van der Waals surface area contributed by atoms with Crippen molar-refractivity contribution < 1.29 is 90.9 Å². The van der Waals surface area contributed by atoms with Crippen LogP contribution in [0.25, 0.3) is 88.4 Å². The molecule has 14 atom stereocenters. The highest BCUT2D eigenvalue weighted by molar-refractivity contribution is 6.08. The number of rotatable bonds is 24. The molecule has 16 rings (SSSR count). The van der Waals surface area contributed by atoms with Crippen molar-refractivity contribution in [3.63, 3.8) is 0 Å². The van der Waals surface area contributed by atoms with E-state index in [4.69, 9.17) is 62.9 Å². The molecule has 4 aromatic heterocycles. The molecule has 8 amide bonds. The number of carboxylic acid groups (broad SMARTS) is 1. The first-order valence-corrected chi connectivity index (χ1v) is 46.1. The van der Waals surface area contributed by atoms with Crippen molar-refractivity contribution in [2.24, 2.45) is 47.3 Å². The van der Waals surface area contributed by atoms with Gasteiger partial charge in [-0.05, 0) is 175 Å². The average molecular weight is 1840 g/mol. The van der Waals surface area contributed by atoms with E-state index in [1.807, 2.05) is 102 Å². The first kappa shape index (κ1) is 97.0. The van der Waals surface area contributed by atoms with Gasteiger partial charge in [0.2, 0.25) is 17.7 Å². The first-order chi connectivity index (χ1) is 64.0. The van der Waals surface area contributed by atoms with Crippen molar-refractivity contribution in [1.82, 2.24) is 80.7 Å². The summed E-state index contributed by atoms with van der Waals surface area (Å²) < 4.78 is 48.5. The molecule has 6 aliphatic heterocycles. The molecule has 0 spiro atoms. The van der Waals surface area contributed by atoms with Crippen molar-refractivity contribution in [2.75, 3.05) is 82.1 Å². The molecule has 716 valence electrons. The van der Waals surface area contributed by atoms with Crippen LogP contribution in [0.5, 0.6) is 11.5 Å². The van der Waals surface area contributed by atoms with E-state index < -0.39 is 60.1 Å². The Hall–Kier alpha value is -13.1. The predicted molar refractivity (Wildman–Crippen MR) is 502 cm³/mol. The molecule has 0 radical (unpaired) electrons. The lowest BCUT2D eigenvalue weighted by atomic mass is 9.92. The van der Waals surface area contributed by atoms with Gasteiger partial charge in [-0.25, -0.2) is 48.7 Å². The number of aromatic amines is 4. The van der Waals surface area contributed by atoms with Gasteiger partial charge in [-0.15, -0.1) is 0 Å². The molecule has 35 nitrogen and oxygen atoms in total. The van der Waals surface area contributed by atoms with E-state index >= 15 is 0 Å². The molecule has 0 aliphatic carbocycles. The summed E-state index contributed by atoms with van der Waals surface area (Å²) in [5.41, 5.74) is 12.6. The van der Waals surface area contributed by atoms with Crippen LogP contribution in [0.4, 0.5) is 24.0 Å². The second-order valence-electron chi connectivity index (χ2n) is 38.0. The van der Waals surface area contributed by atoms with Crippen molar-refractivity contribution in [3.8, 4) is 56.3 Å². The highest BCUT2D eigenvalue weighted by atomic mass is 16.6. The zero-order valence-electron chi connectivity index (χ0n) is 79.7. The van der Waals surface area contributed by atoms with Gasteiger partial charge in [0.1, 0.15) is 77.8 Å². The zero-order chi connectivity index (χ0) is 96.2. The summed E-state index contributed by atoms with van der Waals surface area (Å²) in [5, 5.41) is 23.0. The predicted octanol–water partition coefficient (Wildman–Crippen LogP) is 16.0. The molecule has 9 N–H and O–H groups in total. The molecule has 2 unspecified atom stereocenters. The van der Waals surface area contributed by atoms with Crippen LogP contribution in [0.15, 0.2) is 97.3 Å². The van der Waals surface area contributed by atoms with Crippen molar-refractivity contribution in [3.05, 3.63) is 132 Å². The van der Waals surface area contributed by atoms with E-state index in [1.54, 1.807) is 33.0 Å². The molecule has 4 fully saturated rings. The molecular weight excluding hydrogens is 1720 g/mol. The van der Waals surface area contributed by atoms with Crippen LogP contribution in [0.1, 0.15) is 187 Å². The van der Waals surface area contributed by atoms with Crippen LogP contribution in [0.2, 0.25) is 0 Å². The third kappa shape index (κ3) is 20.8. The van der Waals surface area contributed by atoms with Crippen molar-refractivity contribution in [1.29, 1.82) is 0 Å². The van der Waals surface area contributed by atoms with Gasteiger partial charge >= 0.3 is 36.4 Å². The van der Waals surface area contributed by atoms with Gasteiger partial charge < -0.3 is 104 Å². The number of nitrogens with one attached hydrogen (secondary N) is 8. The number of hydrogen-bond acceptors (Lipinski definition) is 22. The van der Waals surface area contributed by atoms with Crippen molar-refractivity contribution >= 4 is 97.8 Å². The molecule has 0 bridgehead atoms. The van der Waals surface area contributed by atoms with Crippen LogP contribution >= 0.6 is 0 Å². The Morgan fingerprint density at radius 1 is 0.463 bits per heavy atom. The summed E-state index contributed by atoms with van der Waals surface area (Å²) in [4.78, 5) is 154. The highest BCUT2D eigenvalue weighted by Crippen LogP contribution is 2.48. The zero-order valence-corrected chi connectivity index (χ0v) is 79.7. The second-order valence-corrected chi connectivity index (χ2v) is 38.0. The number of likely N-dealkylation sites (tertiary alicyclic amines) is 4. The van der Waals surface area contributed by atoms with Crippen LogP contribution in [0.3, 0.4) is 0 Å². The normalized spacial score (nSPS) is 20.2. The fourth-order valence-corrected chi connectivity index (χ4v) is 19.2. The van der Waals surface area contributed by atoms with Gasteiger partial charge in [0.25, 0.3) is 0 Å². The number of H-pyrrole nitrogens is 4. The van der Waals surface area contributed by atoms with Gasteiger partial charge in [0.15, 0.2) is 0 Å². The van der Waals surface area contributed by atoms with E-state index in [-0.39, 0.29) is 95.3 Å². The molecule has 35 heteroatoms. The molecule has 0 saturated carbocycles. The number of alkyl carbamates (subject to hydrolysis) is 4. The quantitative estimate of drug-likeness (QED) is 0.0254. The SMILES string of the molecule is CC[C@H](C)[C@H](NC(=O)OC)C(=O)N1C[C@@H](C)CC1c1ncc(-c2ccc3c(c2)COc2cc4c(ccc5[nH]c([C@@H]6C[C@H](COC)CN6C(=O)OC(C)(C)C)nc54)cc2-3)[nH]1.CC[C@H](C)[C@H](NC(=O)OC)C(=O)N1C[C@@H](C)CC1c1ncc(-c2ccc3c(c2)COc2cc4c(ccc5[nH]c([C@@H]6C[C@H](COC)CN6C(=O)[C@@H](NC(=O)OC)C(C)C)nc54)cc2-3)[nH]1.COC(=O)N[C@H](C(=O)O)C(C)C. The van der Waals surface area contributed by atoms with E-state index in [2.05, 4.69) is 133 Å². The second kappa shape index (κ2) is 41.2. The minimum atomic E-state index is -1.06. The average Bonchev–Trinajstić information content (AvgIpc) is 1.43. The topological polar surface area (TPSA) is 433 Å². The third-order valence-corrected chi connectivity index (χ3v) is 26.5. The van der Waals surface area contributed by atoms with E-state index in [0.29, 0.717) is 70.7 Å². The monoisotopic (exact) mass is 1840 g/mol. The summed E-state index contributed by atoms with van der Waals surface area (Å²) in [7, 11) is 8.42. The number of carbonyl (C=O) groups excluding carboxylic acids is 8. The van der Waals surface area contributed by atoms with E-state index in [0.717, 1.165) is 155 Å². The number of ether oxygens (including phenoxy) is 9. The molecule has 134 heavy (non-hydrogen) atoms. The van der Waals surface area contributed by atoms with Gasteiger partial charge in [-0.1, -0.05) is 118 Å². The number of carboxylic acids is 1. The number of methoxy groups -OCH3 is 6. The number of carbonyl (C=O) groups is 9. The Morgan fingerprint density at radius 2 is 0.843 bits per heavy atom. The summed E-state index contributed by atoms with van der Waals surface area (Å²) in [5.74, 6) is 3.17. The molecular formula is C99H126N16O19. The Morgan fingerprint density at radius 3 is 1.23 bits per heavy atom. The summed E-state index contributed by atoms with van der Waals surface area (Å²) in [6.07, 6.45) is 5.01. The molecule has 4 saturated heterocycles. The number of imidazole rings is 4. The number of nitrogens with zero attached hydrogens (tertiary/aromatic N) is 8. The standard InChI is InChI=1S/C47H58N8O8.C45H55N7O7.C7H13NO4/c1-9-26(5)40(53-47(59)62-8)45(57)54-20-25(4)14-36(54)42-48-19-35(50-42)29-10-12-31-30(16-29)23-63-38-18-32-28(17-33(31)38)11-13-34-41(32)51-43(49-34)37-15-27(22-60-6)21-55(37)44(56)39(24(2)3)52-46(58)61-7;1-9-25(3)38(50-43(54)57-8)42(53)51-20-24(2)14-35(51)40-46-19-34(48-40)28-10-12-30-29(16-28)23-58-37-18-31-27(17-32(30)37)11-13-33-39(31)49-41(47-33)36-15-26(22-56-7)21-52(36)44(55)59-45(4,5)6;1-4(2)5(6(9)10)8-7(11)12-3/h10-13,16-19,24-27,36-37,39-40H,9,14-15,20-23H2,1-8H3,(H,48,50)(H,49,51)(H,52,58)(H,53,59);10-13,16-19,24-26,35-36,38H,9,14-15,20-23H2,1-8H3,(H,46,48)(H,47,49)(H,50,54);4-5H,1-3H3,(H,8,11)(H,9,10)/t25-,26-,27-,36?,37-,39-,40-;24-,25-,26-,35?,36-,38-;5-/m000/s1. The molecule has 10 heterocycles. The largest absolute Gasteiger partial charge is 0.488 e. The van der Waals surface area contributed by atoms with Crippen LogP contribution < -0.4 is 30.7 Å². The number of benzene rings is 6. The minimum absolute atomic E-state index is 0.0690. The van der Waals surface area contributed by atoms with E-state index in [9.17, 15) is 43.2 Å². The molecule has 6 aromatic carbocycles. The van der Waals surface area contributed by atoms with Gasteiger partial charge in [-0.2, -0.15) is 0 Å². The van der Waals surface area contributed by atoms with Crippen LogP contribution in [-0.2, 0) is 65.5 Å².